The first-order valence-electron chi connectivity index (χ1n) is 8.88. The summed E-state index contributed by atoms with van der Waals surface area (Å²) >= 11 is 0. The van der Waals surface area contributed by atoms with Crippen molar-refractivity contribution in [3.63, 3.8) is 0 Å². The quantitative estimate of drug-likeness (QED) is 0.198. The Morgan fingerprint density at radius 1 is 0.656 bits per heavy atom. The number of hydrogen-bond donors (Lipinski definition) is 0. The van der Waals surface area contributed by atoms with Crippen LogP contribution in [0.4, 0.5) is 0 Å². The molecule has 0 aliphatic carbocycles. The van der Waals surface area contributed by atoms with E-state index in [4.69, 9.17) is 0 Å². The van der Waals surface area contributed by atoms with Crippen molar-refractivity contribution in [2.75, 3.05) is 0 Å². The summed E-state index contributed by atoms with van der Waals surface area (Å²) in [5.41, 5.74) is 2.48. The Labute approximate surface area is 234 Å². The molecule has 3 aromatic carbocycles. The number of rotatable bonds is 5. The van der Waals surface area contributed by atoms with Gasteiger partial charge in [-0.25, -0.2) is 16.8 Å². The van der Waals surface area contributed by atoms with E-state index in [1.165, 1.54) is 24.3 Å². The van der Waals surface area contributed by atoms with Gasteiger partial charge in [-0.2, -0.15) is 0 Å². The molecule has 0 unspecified atom stereocenters. The summed E-state index contributed by atoms with van der Waals surface area (Å²) in [6.45, 7) is 5.50. The van der Waals surface area contributed by atoms with Crippen molar-refractivity contribution in [1.82, 2.24) is 0 Å². The van der Waals surface area contributed by atoms with Crippen LogP contribution in [-0.4, -0.2) is 25.9 Å². The average Bonchev–Trinajstić information content (AvgIpc) is 2.63. The predicted octanol–water partition coefficient (Wildman–Crippen LogP) is -3.81. The molecular formula is C21H19Na2O6PS2. The third-order valence-electron chi connectivity index (χ3n) is 4.68. The number of hydrogen-bond acceptors (Lipinski definition) is 6. The van der Waals surface area contributed by atoms with Gasteiger partial charge < -0.3 is 9.11 Å². The Morgan fingerprint density at radius 3 is 1.47 bits per heavy atom. The van der Waals surface area contributed by atoms with E-state index >= 15 is 0 Å². The molecule has 0 spiro atoms. The van der Waals surface area contributed by atoms with Gasteiger partial charge >= 0.3 is 59.1 Å². The molecule has 0 bridgehead atoms. The van der Waals surface area contributed by atoms with Crippen LogP contribution in [-0.2, 0) is 20.2 Å². The van der Waals surface area contributed by atoms with Crippen molar-refractivity contribution >= 4 is 44.1 Å². The van der Waals surface area contributed by atoms with Gasteiger partial charge in [0.1, 0.15) is 20.2 Å². The van der Waals surface area contributed by atoms with Crippen LogP contribution in [0.5, 0.6) is 0 Å². The SMILES string of the molecule is Cc1cccc(P(c2cc(S(=O)(=O)[O-])ccc2C)c2cc(S(=O)(=O)[O-])ccc2C)c1.[Na+].[Na+]. The second-order valence-electron chi connectivity index (χ2n) is 6.98. The molecule has 32 heavy (non-hydrogen) atoms. The van der Waals surface area contributed by atoms with Gasteiger partial charge in [0, 0.05) is 0 Å². The monoisotopic (exact) mass is 508 g/mol. The van der Waals surface area contributed by atoms with E-state index in [0.717, 1.165) is 22.0 Å². The molecule has 0 fully saturated rings. The molecule has 0 saturated heterocycles. The zero-order valence-corrected chi connectivity index (χ0v) is 25.0. The Hall–Kier alpha value is -0.0900. The maximum atomic E-state index is 11.6. The van der Waals surface area contributed by atoms with E-state index in [2.05, 4.69) is 0 Å². The van der Waals surface area contributed by atoms with Gasteiger partial charge in [0.15, 0.2) is 0 Å². The first kappa shape index (κ1) is 29.9. The van der Waals surface area contributed by atoms with E-state index in [1.807, 2.05) is 31.2 Å². The third-order valence-corrected chi connectivity index (χ3v) is 9.06. The van der Waals surface area contributed by atoms with Crippen LogP contribution in [0.25, 0.3) is 0 Å². The first-order valence-corrected chi connectivity index (χ1v) is 13.0. The molecule has 158 valence electrons. The fourth-order valence-corrected chi connectivity index (χ4v) is 7.09. The molecule has 0 amide bonds. The van der Waals surface area contributed by atoms with Gasteiger partial charge in [0.05, 0.1) is 9.79 Å². The van der Waals surface area contributed by atoms with E-state index in [1.54, 1.807) is 26.0 Å². The zero-order chi connectivity index (χ0) is 22.3. The summed E-state index contributed by atoms with van der Waals surface area (Å²) < 4.78 is 69.8. The van der Waals surface area contributed by atoms with E-state index in [9.17, 15) is 25.9 Å². The number of aryl methyl sites for hydroxylation is 3. The van der Waals surface area contributed by atoms with Crippen LogP contribution in [0, 0.1) is 20.8 Å². The summed E-state index contributed by atoms with van der Waals surface area (Å²) in [6.07, 6.45) is 0. The van der Waals surface area contributed by atoms with Gasteiger partial charge in [-0.1, -0.05) is 42.0 Å². The van der Waals surface area contributed by atoms with Crippen molar-refractivity contribution in [2.24, 2.45) is 0 Å². The molecule has 6 nitrogen and oxygen atoms in total. The maximum absolute atomic E-state index is 11.6. The normalized spacial score (nSPS) is 11.6. The molecular weight excluding hydrogens is 489 g/mol. The molecule has 3 rings (SSSR count). The van der Waals surface area contributed by atoms with Gasteiger partial charge in [-0.05, 0) is 80.0 Å². The van der Waals surface area contributed by atoms with Crippen molar-refractivity contribution in [3.05, 3.63) is 77.4 Å². The van der Waals surface area contributed by atoms with Crippen LogP contribution in [0.3, 0.4) is 0 Å². The van der Waals surface area contributed by atoms with Crippen LogP contribution in [0.2, 0.25) is 0 Å². The van der Waals surface area contributed by atoms with Gasteiger partial charge in [-0.3, -0.25) is 0 Å². The summed E-state index contributed by atoms with van der Waals surface area (Å²) in [4.78, 5) is -0.706. The van der Waals surface area contributed by atoms with Crippen molar-refractivity contribution in [2.45, 2.75) is 30.6 Å². The summed E-state index contributed by atoms with van der Waals surface area (Å²) in [5.74, 6) is 0. The molecule has 0 aliphatic heterocycles. The molecule has 0 N–H and O–H groups in total. The summed E-state index contributed by atoms with van der Waals surface area (Å²) in [6, 6.07) is 15.9. The van der Waals surface area contributed by atoms with E-state index in [0.29, 0.717) is 10.6 Å². The summed E-state index contributed by atoms with van der Waals surface area (Å²) in [7, 11) is -10.8. The van der Waals surface area contributed by atoms with Crippen LogP contribution < -0.4 is 75.0 Å². The Bertz CT molecular complexity index is 1260. The molecule has 0 heterocycles. The van der Waals surface area contributed by atoms with Crippen LogP contribution in [0.15, 0.2) is 70.5 Å². The van der Waals surface area contributed by atoms with Crippen LogP contribution >= 0.6 is 7.92 Å². The van der Waals surface area contributed by atoms with E-state index in [-0.39, 0.29) is 68.9 Å². The molecule has 0 atom stereocenters. The largest absolute Gasteiger partial charge is 1.00 e. The summed E-state index contributed by atoms with van der Waals surface area (Å²) in [5, 5.41) is 2.06. The van der Waals surface area contributed by atoms with Crippen molar-refractivity contribution < 1.29 is 85.1 Å². The molecule has 0 aromatic heterocycles. The Kier molecular flexibility index (Phi) is 10.8. The zero-order valence-electron chi connectivity index (χ0n) is 18.5. The minimum absolute atomic E-state index is 0. The molecule has 0 saturated carbocycles. The van der Waals surface area contributed by atoms with Crippen LogP contribution in [0.1, 0.15) is 16.7 Å². The van der Waals surface area contributed by atoms with Gasteiger partial charge in [0.2, 0.25) is 0 Å². The molecule has 0 radical (unpaired) electrons. The van der Waals surface area contributed by atoms with Crippen molar-refractivity contribution in [3.8, 4) is 0 Å². The Morgan fingerprint density at radius 2 is 1.09 bits per heavy atom. The molecule has 0 aliphatic rings. The maximum Gasteiger partial charge on any atom is 1.00 e. The van der Waals surface area contributed by atoms with Crippen molar-refractivity contribution in [1.29, 1.82) is 0 Å². The first-order chi connectivity index (χ1) is 13.9. The fourth-order valence-electron chi connectivity index (χ4n) is 3.15. The molecule has 11 heteroatoms. The smallest absolute Gasteiger partial charge is 0.744 e. The van der Waals surface area contributed by atoms with E-state index < -0.39 is 28.2 Å². The standard InChI is InChI=1S/C21H21O6PS2.2Na/c1-14-5-4-6-17(11-14)28(20-12-18(29(22,23)24)9-7-15(20)2)21-13-19(30(25,26)27)10-8-16(21)3;;/h4-13H,1-3H3,(H,22,23,24)(H,25,26,27);;/q;2*+1/p-2. The number of benzene rings is 3. The predicted molar refractivity (Wildman–Crippen MR) is 115 cm³/mol. The minimum atomic E-state index is -4.68. The minimum Gasteiger partial charge on any atom is -0.744 e. The molecule has 3 aromatic rings. The van der Waals surface area contributed by atoms with Gasteiger partial charge in [0.25, 0.3) is 0 Å². The van der Waals surface area contributed by atoms with Gasteiger partial charge in [-0.15, -0.1) is 0 Å². The topological polar surface area (TPSA) is 114 Å². The Balaban J connectivity index is 0.00000256. The second-order valence-corrected chi connectivity index (χ2v) is 11.9. The average molecular weight is 508 g/mol. The fraction of sp³-hybridized carbons (Fsp3) is 0.143. The second kappa shape index (κ2) is 11.6. The third kappa shape index (κ3) is 6.96.